The minimum atomic E-state index is 0.473. The monoisotopic (exact) mass is 276 g/mol. The molecule has 2 nitrogen and oxygen atoms in total. The van der Waals surface area contributed by atoms with E-state index in [1.54, 1.807) is 0 Å². The van der Waals surface area contributed by atoms with E-state index in [-0.39, 0.29) is 0 Å². The summed E-state index contributed by atoms with van der Waals surface area (Å²) in [6.07, 6.45) is 12.3. The van der Waals surface area contributed by atoms with Crippen molar-refractivity contribution in [2.45, 2.75) is 51.5 Å². The molecule has 20 heavy (non-hydrogen) atoms. The second-order valence-electron chi connectivity index (χ2n) is 7.11. The molecule has 0 bridgehead atoms. The molecule has 0 heterocycles. The van der Waals surface area contributed by atoms with Crippen LogP contribution in [0.4, 0.5) is 0 Å². The molecule has 0 unspecified atom stereocenters. The molecule has 0 aromatic carbocycles. The maximum absolute atomic E-state index is 3.90. The average molecular weight is 276 g/mol. The summed E-state index contributed by atoms with van der Waals surface area (Å²) in [7, 11) is 0. The lowest BCUT2D eigenvalue weighted by Crippen LogP contribution is -2.46. The fraction of sp³-hybridized carbons (Fsp3) is 0.778. The van der Waals surface area contributed by atoms with Gasteiger partial charge in [-0.15, -0.1) is 13.2 Å². The van der Waals surface area contributed by atoms with Crippen LogP contribution in [0, 0.1) is 11.3 Å². The Morgan fingerprint density at radius 1 is 1.10 bits per heavy atom. The fourth-order valence-electron chi connectivity index (χ4n) is 3.46. The van der Waals surface area contributed by atoms with Crippen molar-refractivity contribution in [3.63, 3.8) is 0 Å². The Morgan fingerprint density at radius 3 is 2.20 bits per heavy atom. The second-order valence-corrected chi connectivity index (χ2v) is 7.11. The van der Waals surface area contributed by atoms with Crippen LogP contribution in [0.25, 0.3) is 0 Å². The first-order valence-electron chi connectivity index (χ1n) is 8.35. The maximum atomic E-state index is 3.90. The van der Waals surface area contributed by atoms with Gasteiger partial charge in [0.25, 0.3) is 0 Å². The molecule has 2 saturated carbocycles. The minimum absolute atomic E-state index is 0.473. The van der Waals surface area contributed by atoms with Gasteiger partial charge in [0, 0.05) is 32.2 Å². The molecule has 1 N–H and O–H groups in total. The van der Waals surface area contributed by atoms with Gasteiger partial charge in [-0.3, -0.25) is 4.90 Å². The summed E-state index contributed by atoms with van der Waals surface area (Å²) in [4.78, 5) is 2.50. The Labute approximate surface area is 125 Å². The van der Waals surface area contributed by atoms with Crippen LogP contribution in [0.15, 0.2) is 25.3 Å². The average Bonchev–Trinajstić information content (AvgIpc) is 3.25. The zero-order chi connectivity index (χ0) is 14.4. The van der Waals surface area contributed by atoms with E-state index in [1.165, 1.54) is 51.6 Å². The second kappa shape index (κ2) is 7.42. The zero-order valence-electron chi connectivity index (χ0n) is 13.2. The number of hydrogen-bond donors (Lipinski definition) is 1. The minimum Gasteiger partial charge on any atom is -0.313 e. The third-order valence-electron chi connectivity index (χ3n) is 5.01. The van der Waals surface area contributed by atoms with Crippen molar-refractivity contribution < 1.29 is 0 Å². The first-order chi connectivity index (χ1) is 9.67. The third kappa shape index (κ3) is 4.75. The highest BCUT2D eigenvalue weighted by atomic mass is 15.1. The van der Waals surface area contributed by atoms with Gasteiger partial charge in [0.2, 0.25) is 0 Å². The summed E-state index contributed by atoms with van der Waals surface area (Å²) >= 11 is 0. The molecule has 0 spiro atoms. The molecule has 2 fully saturated rings. The quantitative estimate of drug-likeness (QED) is 0.647. The van der Waals surface area contributed by atoms with Crippen molar-refractivity contribution >= 4 is 0 Å². The molecule has 0 saturated heterocycles. The molecule has 0 aromatic heterocycles. The van der Waals surface area contributed by atoms with Crippen molar-refractivity contribution in [1.82, 2.24) is 10.2 Å². The van der Waals surface area contributed by atoms with Gasteiger partial charge in [0.1, 0.15) is 0 Å². The van der Waals surface area contributed by atoms with Gasteiger partial charge in [-0.1, -0.05) is 31.9 Å². The zero-order valence-corrected chi connectivity index (χ0v) is 13.2. The molecular weight excluding hydrogens is 244 g/mol. The predicted octanol–water partition coefficient (Wildman–Crippen LogP) is 3.61. The summed E-state index contributed by atoms with van der Waals surface area (Å²) in [5.74, 6) is 0.913. The number of nitrogens with one attached hydrogen (secondary N) is 1. The lowest BCUT2D eigenvalue weighted by Gasteiger charge is -2.43. The molecule has 0 atom stereocenters. The normalized spacial score (nSPS) is 30.4. The van der Waals surface area contributed by atoms with Crippen molar-refractivity contribution in [2.75, 3.05) is 26.2 Å². The topological polar surface area (TPSA) is 15.3 Å². The van der Waals surface area contributed by atoms with E-state index in [0.29, 0.717) is 5.41 Å². The molecule has 0 aromatic rings. The van der Waals surface area contributed by atoms with Crippen LogP contribution in [-0.2, 0) is 0 Å². The molecule has 2 aliphatic rings. The number of hydrogen-bond acceptors (Lipinski definition) is 2. The highest BCUT2D eigenvalue weighted by Crippen LogP contribution is 2.39. The smallest absolute Gasteiger partial charge is 0.0164 e. The van der Waals surface area contributed by atoms with Crippen molar-refractivity contribution in [3.05, 3.63) is 25.3 Å². The standard InChI is InChI=1S/C18H32N2/c1-4-12-20(13-5-2)15-18(14-19-17-6-7-17)10-8-16(3)9-11-18/h4-5,16-17,19H,1-2,6-15H2,3H3. The van der Waals surface area contributed by atoms with E-state index in [1.807, 2.05) is 12.2 Å². The molecule has 0 aliphatic heterocycles. The summed E-state index contributed by atoms with van der Waals surface area (Å²) in [6.45, 7) is 14.6. The third-order valence-corrected chi connectivity index (χ3v) is 5.01. The largest absolute Gasteiger partial charge is 0.313 e. The Bertz CT molecular complexity index is 301. The maximum Gasteiger partial charge on any atom is 0.0164 e. The van der Waals surface area contributed by atoms with E-state index < -0.39 is 0 Å². The Kier molecular flexibility index (Phi) is 5.86. The molecule has 0 radical (unpaired) electrons. The van der Waals surface area contributed by atoms with Gasteiger partial charge < -0.3 is 5.32 Å². The fourth-order valence-corrected chi connectivity index (χ4v) is 3.46. The van der Waals surface area contributed by atoms with Gasteiger partial charge in [-0.05, 0) is 37.0 Å². The van der Waals surface area contributed by atoms with E-state index in [2.05, 4.69) is 30.3 Å². The first-order valence-corrected chi connectivity index (χ1v) is 8.35. The van der Waals surface area contributed by atoms with Gasteiger partial charge in [0.15, 0.2) is 0 Å². The van der Waals surface area contributed by atoms with Crippen LogP contribution in [0.3, 0.4) is 0 Å². The Hall–Kier alpha value is -0.600. The van der Waals surface area contributed by atoms with Crippen molar-refractivity contribution in [3.8, 4) is 0 Å². The van der Waals surface area contributed by atoms with Crippen LogP contribution in [0.1, 0.15) is 45.4 Å². The van der Waals surface area contributed by atoms with Crippen LogP contribution in [0.5, 0.6) is 0 Å². The first kappa shape index (κ1) is 15.8. The lowest BCUT2D eigenvalue weighted by molar-refractivity contribution is 0.0971. The molecule has 2 aliphatic carbocycles. The van der Waals surface area contributed by atoms with E-state index in [4.69, 9.17) is 0 Å². The summed E-state index contributed by atoms with van der Waals surface area (Å²) < 4.78 is 0. The molecule has 2 rings (SSSR count). The van der Waals surface area contributed by atoms with Crippen LogP contribution in [0.2, 0.25) is 0 Å². The summed E-state index contributed by atoms with van der Waals surface area (Å²) in [5.41, 5.74) is 0.473. The summed E-state index contributed by atoms with van der Waals surface area (Å²) in [6, 6.07) is 0.818. The van der Waals surface area contributed by atoms with Crippen molar-refractivity contribution in [2.24, 2.45) is 11.3 Å². The highest BCUT2D eigenvalue weighted by Gasteiger charge is 2.36. The van der Waals surface area contributed by atoms with Gasteiger partial charge in [0.05, 0.1) is 0 Å². The van der Waals surface area contributed by atoms with Crippen LogP contribution >= 0.6 is 0 Å². The molecular formula is C18H32N2. The number of rotatable bonds is 9. The SMILES string of the molecule is C=CCN(CC=C)CC1(CNC2CC2)CCC(C)CC1. The van der Waals surface area contributed by atoms with E-state index in [0.717, 1.165) is 25.0 Å². The molecule has 0 amide bonds. The number of nitrogens with zero attached hydrogens (tertiary/aromatic N) is 1. The van der Waals surface area contributed by atoms with E-state index in [9.17, 15) is 0 Å². The highest BCUT2D eigenvalue weighted by molar-refractivity contribution is 4.94. The predicted molar refractivity (Wildman–Crippen MR) is 87.9 cm³/mol. The Morgan fingerprint density at radius 2 is 1.70 bits per heavy atom. The van der Waals surface area contributed by atoms with Crippen molar-refractivity contribution in [1.29, 1.82) is 0 Å². The van der Waals surface area contributed by atoms with Gasteiger partial charge >= 0.3 is 0 Å². The van der Waals surface area contributed by atoms with E-state index >= 15 is 0 Å². The van der Waals surface area contributed by atoms with Gasteiger partial charge in [-0.25, -0.2) is 0 Å². The lowest BCUT2D eigenvalue weighted by atomic mass is 9.70. The van der Waals surface area contributed by atoms with Crippen LogP contribution < -0.4 is 5.32 Å². The van der Waals surface area contributed by atoms with Gasteiger partial charge in [-0.2, -0.15) is 0 Å². The molecule has 114 valence electrons. The Balaban J connectivity index is 1.95. The molecule has 2 heteroatoms. The summed E-state index contributed by atoms with van der Waals surface area (Å²) in [5, 5.41) is 3.79. The van der Waals surface area contributed by atoms with Crippen LogP contribution in [-0.4, -0.2) is 37.1 Å².